The van der Waals surface area contributed by atoms with Crippen LogP contribution in [-0.2, 0) is 6.54 Å². The first-order valence-electron chi connectivity index (χ1n) is 7.50. The third-order valence-electron chi connectivity index (χ3n) is 3.96. The van der Waals surface area contributed by atoms with Crippen molar-refractivity contribution in [3.8, 4) is 0 Å². The second-order valence-electron chi connectivity index (χ2n) is 5.56. The Morgan fingerprint density at radius 2 is 1.91 bits per heavy atom. The van der Waals surface area contributed by atoms with Crippen LogP contribution in [0.25, 0.3) is 0 Å². The molecule has 22 heavy (non-hydrogen) atoms. The first-order valence-corrected chi connectivity index (χ1v) is 7.88. The van der Waals surface area contributed by atoms with Crippen molar-refractivity contribution < 1.29 is 9.21 Å². The number of hydrogen-bond donors (Lipinski definition) is 0. The van der Waals surface area contributed by atoms with E-state index in [1.54, 1.807) is 6.07 Å². The maximum absolute atomic E-state index is 12.3. The number of nitrogens with zero attached hydrogens (tertiary/aromatic N) is 2. The summed E-state index contributed by atoms with van der Waals surface area (Å²) >= 11 is 5.92. The molecular weight excluding hydrogens is 300 g/mol. The molecule has 4 nitrogen and oxygen atoms in total. The minimum absolute atomic E-state index is 0.0575. The summed E-state index contributed by atoms with van der Waals surface area (Å²) in [6.45, 7) is 4.31. The Labute approximate surface area is 135 Å². The largest absolute Gasteiger partial charge is 0.472 e. The van der Waals surface area contributed by atoms with E-state index in [-0.39, 0.29) is 5.91 Å². The summed E-state index contributed by atoms with van der Waals surface area (Å²) in [5, 5.41) is 0.761. The second kappa shape index (κ2) is 6.99. The van der Waals surface area contributed by atoms with Gasteiger partial charge in [-0.15, -0.1) is 0 Å². The van der Waals surface area contributed by atoms with Crippen LogP contribution in [0.4, 0.5) is 0 Å². The van der Waals surface area contributed by atoms with E-state index in [0.717, 1.165) is 44.2 Å². The molecule has 1 fully saturated rings. The van der Waals surface area contributed by atoms with Gasteiger partial charge in [-0.2, -0.15) is 0 Å². The lowest BCUT2D eigenvalue weighted by Gasteiger charge is -2.21. The Kier molecular flexibility index (Phi) is 4.80. The summed E-state index contributed by atoms with van der Waals surface area (Å²) in [4.78, 5) is 16.6. The molecule has 0 spiro atoms. The average Bonchev–Trinajstić information content (AvgIpc) is 2.96. The highest BCUT2D eigenvalue weighted by atomic mass is 35.5. The molecule has 2 aromatic rings. The van der Waals surface area contributed by atoms with Crippen LogP contribution in [0.5, 0.6) is 0 Å². The lowest BCUT2D eigenvalue weighted by atomic mass is 10.2. The van der Waals surface area contributed by atoms with Crippen LogP contribution in [0.15, 0.2) is 47.3 Å². The predicted octanol–water partition coefficient (Wildman–Crippen LogP) is 3.28. The van der Waals surface area contributed by atoms with Crippen molar-refractivity contribution in [2.75, 3.05) is 26.2 Å². The van der Waals surface area contributed by atoms with Crippen LogP contribution in [0, 0.1) is 0 Å². The lowest BCUT2D eigenvalue weighted by molar-refractivity contribution is 0.0760. The Balaban J connectivity index is 1.58. The summed E-state index contributed by atoms with van der Waals surface area (Å²) in [5.41, 5.74) is 1.88. The van der Waals surface area contributed by atoms with Crippen LogP contribution in [0.1, 0.15) is 22.3 Å². The van der Waals surface area contributed by atoms with E-state index in [1.807, 2.05) is 17.0 Å². The highest BCUT2D eigenvalue weighted by molar-refractivity contribution is 6.30. The van der Waals surface area contributed by atoms with Crippen molar-refractivity contribution in [3.05, 3.63) is 59.0 Å². The van der Waals surface area contributed by atoms with E-state index in [2.05, 4.69) is 17.0 Å². The predicted molar refractivity (Wildman–Crippen MR) is 86.0 cm³/mol. The van der Waals surface area contributed by atoms with Gasteiger partial charge in [0.25, 0.3) is 5.91 Å². The molecule has 0 atom stereocenters. The minimum atomic E-state index is 0.0575. The first-order chi connectivity index (χ1) is 10.7. The molecule has 2 heterocycles. The highest BCUT2D eigenvalue weighted by Crippen LogP contribution is 2.14. The van der Waals surface area contributed by atoms with Gasteiger partial charge in [0, 0.05) is 37.7 Å². The Morgan fingerprint density at radius 1 is 1.09 bits per heavy atom. The fourth-order valence-corrected chi connectivity index (χ4v) is 2.87. The van der Waals surface area contributed by atoms with Crippen molar-refractivity contribution in [2.24, 2.45) is 0 Å². The molecule has 1 aromatic heterocycles. The van der Waals surface area contributed by atoms with Crippen molar-refractivity contribution in [1.29, 1.82) is 0 Å². The second-order valence-corrected chi connectivity index (χ2v) is 6.00. The van der Waals surface area contributed by atoms with Crippen LogP contribution in [0.2, 0.25) is 5.02 Å². The van der Waals surface area contributed by atoms with Gasteiger partial charge in [0.05, 0.1) is 11.8 Å². The van der Waals surface area contributed by atoms with E-state index in [9.17, 15) is 4.79 Å². The highest BCUT2D eigenvalue weighted by Gasteiger charge is 2.20. The summed E-state index contributed by atoms with van der Waals surface area (Å²) in [7, 11) is 0. The Morgan fingerprint density at radius 3 is 2.64 bits per heavy atom. The third kappa shape index (κ3) is 3.70. The molecule has 0 N–H and O–H groups in total. The van der Waals surface area contributed by atoms with E-state index in [0.29, 0.717) is 5.56 Å². The number of carbonyl (C=O) groups excluding carboxylic acids is 1. The molecule has 1 aliphatic heterocycles. The SMILES string of the molecule is O=C(c1ccoc1)N1CCCN(Cc2ccc(Cl)cc2)CC1. The van der Waals surface area contributed by atoms with Gasteiger partial charge >= 0.3 is 0 Å². The molecule has 1 aromatic carbocycles. The van der Waals surface area contributed by atoms with E-state index < -0.39 is 0 Å². The standard InChI is InChI=1S/C17H19ClN2O2/c18-16-4-2-14(3-5-16)12-19-7-1-8-20(10-9-19)17(21)15-6-11-22-13-15/h2-6,11,13H,1,7-10,12H2. The van der Waals surface area contributed by atoms with Crippen molar-refractivity contribution in [2.45, 2.75) is 13.0 Å². The molecule has 3 rings (SSSR count). The number of carbonyl (C=O) groups is 1. The summed E-state index contributed by atoms with van der Waals surface area (Å²) < 4.78 is 5.00. The molecule has 0 aliphatic carbocycles. The van der Waals surface area contributed by atoms with E-state index in [1.165, 1.54) is 18.1 Å². The van der Waals surface area contributed by atoms with Crippen LogP contribution in [-0.4, -0.2) is 41.9 Å². The Bertz CT molecular complexity index is 610. The van der Waals surface area contributed by atoms with Gasteiger partial charge in [-0.05, 0) is 30.2 Å². The van der Waals surface area contributed by atoms with Crippen molar-refractivity contribution in [1.82, 2.24) is 9.80 Å². The molecular formula is C17H19ClN2O2. The van der Waals surface area contributed by atoms with Crippen LogP contribution < -0.4 is 0 Å². The fourth-order valence-electron chi connectivity index (χ4n) is 2.75. The number of furan rings is 1. The zero-order valence-electron chi connectivity index (χ0n) is 12.4. The number of amides is 1. The summed E-state index contributed by atoms with van der Waals surface area (Å²) in [6, 6.07) is 9.68. The molecule has 0 unspecified atom stereocenters. The minimum Gasteiger partial charge on any atom is -0.472 e. The summed E-state index contributed by atoms with van der Waals surface area (Å²) in [6.07, 6.45) is 4.04. The van der Waals surface area contributed by atoms with Crippen LogP contribution in [0.3, 0.4) is 0 Å². The molecule has 1 aliphatic rings. The monoisotopic (exact) mass is 318 g/mol. The maximum atomic E-state index is 12.3. The average molecular weight is 319 g/mol. The molecule has 116 valence electrons. The van der Waals surface area contributed by atoms with Gasteiger partial charge in [-0.3, -0.25) is 9.69 Å². The third-order valence-corrected chi connectivity index (χ3v) is 4.22. The normalized spacial score (nSPS) is 16.5. The van der Waals surface area contributed by atoms with Crippen molar-refractivity contribution >= 4 is 17.5 Å². The molecule has 5 heteroatoms. The van der Waals surface area contributed by atoms with Gasteiger partial charge in [0.15, 0.2) is 0 Å². The topological polar surface area (TPSA) is 36.7 Å². The molecule has 0 bridgehead atoms. The fraction of sp³-hybridized carbons (Fsp3) is 0.353. The maximum Gasteiger partial charge on any atom is 0.257 e. The zero-order chi connectivity index (χ0) is 15.4. The molecule has 0 saturated carbocycles. The zero-order valence-corrected chi connectivity index (χ0v) is 13.1. The van der Waals surface area contributed by atoms with Crippen LogP contribution >= 0.6 is 11.6 Å². The molecule has 1 amide bonds. The number of rotatable bonds is 3. The number of halogens is 1. The molecule has 0 radical (unpaired) electrons. The van der Waals surface area contributed by atoms with Gasteiger partial charge in [0.1, 0.15) is 6.26 Å². The first kappa shape index (κ1) is 15.1. The number of hydrogen-bond acceptors (Lipinski definition) is 3. The Hall–Kier alpha value is -1.78. The molecule has 1 saturated heterocycles. The van der Waals surface area contributed by atoms with Crippen molar-refractivity contribution in [3.63, 3.8) is 0 Å². The lowest BCUT2D eigenvalue weighted by Crippen LogP contribution is -2.34. The summed E-state index contributed by atoms with van der Waals surface area (Å²) in [5.74, 6) is 0.0575. The van der Waals surface area contributed by atoms with Gasteiger partial charge in [-0.1, -0.05) is 23.7 Å². The van der Waals surface area contributed by atoms with Gasteiger partial charge < -0.3 is 9.32 Å². The van der Waals surface area contributed by atoms with Gasteiger partial charge in [-0.25, -0.2) is 0 Å². The van der Waals surface area contributed by atoms with E-state index in [4.69, 9.17) is 16.0 Å². The number of benzene rings is 1. The quantitative estimate of drug-likeness (QED) is 0.871. The van der Waals surface area contributed by atoms with Gasteiger partial charge in [0.2, 0.25) is 0 Å². The smallest absolute Gasteiger partial charge is 0.257 e. The van der Waals surface area contributed by atoms with E-state index >= 15 is 0 Å².